The first-order valence-electron chi connectivity index (χ1n) is 9.71. The third-order valence-corrected chi connectivity index (χ3v) is 4.76. The van der Waals surface area contributed by atoms with Gasteiger partial charge in [-0.15, -0.1) is 0 Å². The lowest BCUT2D eigenvalue weighted by molar-refractivity contribution is -0.384. The molecule has 2 aromatic carbocycles. The van der Waals surface area contributed by atoms with Gasteiger partial charge < -0.3 is 9.88 Å². The number of amides is 1. The van der Waals surface area contributed by atoms with Crippen molar-refractivity contribution in [1.82, 2.24) is 24.6 Å². The molecule has 0 unspecified atom stereocenters. The van der Waals surface area contributed by atoms with Crippen LogP contribution in [0.3, 0.4) is 0 Å². The minimum Gasteiger partial charge on any atom is -0.354 e. The van der Waals surface area contributed by atoms with Gasteiger partial charge in [-0.1, -0.05) is 18.2 Å². The fourth-order valence-electron chi connectivity index (χ4n) is 3.21. The lowest BCUT2D eigenvalue weighted by Gasteiger charge is -2.06. The second-order valence-corrected chi connectivity index (χ2v) is 6.91. The number of para-hydroxylation sites is 1. The van der Waals surface area contributed by atoms with E-state index in [1.165, 1.54) is 12.1 Å². The van der Waals surface area contributed by atoms with E-state index in [4.69, 9.17) is 0 Å². The number of imidazole rings is 1. The summed E-state index contributed by atoms with van der Waals surface area (Å²) in [5, 5.41) is 18.5. The van der Waals surface area contributed by atoms with Crippen molar-refractivity contribution in [3.8, 4) is 16.9 Å². The van der Waals surface area contributed by atoms with Crippen LogP contribution in [-0.4, -0.2) is 36.7 Å². The molecule has 0 saturated carbocycles. The molecule has 0 aliphatic rings. The number of nitrogens with one attached hydrogen (secondary N) is 1. The van der Waals surface area contributed by atoms with Crippen molar-refractivity contribution in [2.24, 2.45) is 0 Å². The van der Waals surface area contributed by atoms with Gasteiger partial charge in [-0.25, -0.2) is 9.67 Å². The summed E-state index contributed by atoms with van der Waals surface area (Å²) in [6, 6.07) is 15.7. The summed E-state index contributed by atoms with van der Waals surface area (Å²) >= 11 is 0. The maximum Gasteiger partial charge on any atom is 0.269 e. The van der Waals surface area contributed by atoms with E-state index in [0.717, 1.165) is 11.3 Å². The van der Waals surface area contributed by atoms with Crippen molar-refractivity contribution in [2.75, 3.05) is 6.54 Å². The zero-order valence-corrected chi connectivity index (χ0v) is 16.6. The van der Waals surface area contributed by atoms with E-state index >= 15 is 0 Å². The maximum absolute atomic E-state index is 12.6. The van der Waals surface area contributed by atoms with Crippen molar-refractivity contribution < 1.29 is 9.72 Å². The quantitative estimate of drug-likeness (QED) is 0.351. The Labute approximate surface area is 178 Å². The van der Waals surface area contributed by atoms with Gasteiger partial charge in [0, 0.05) is 54.9 Å². The van der Waals surface area contributed by atoms with Crippen molar-refractivity contribution in [3.05, 3.63) is 95.2 Å². The van der Waals surface area contributed by atoms with Crippen molar-refractivity contribution >= 4 is 11.6 Å². The highest BCUT2D eigenvalue weighted by molar-refractivity contribution is 5.81. The monoisotopic (exact) mass is 416 g/mol. The Morgan fingerprint density at radius 3 is 2.55 bits per heavy atom. The number of benzene rings is 2. The number of nitrogens with zero attached hydrogens (tertiary/aromatic N) is 5. The van der Waals surface area contributed by atoms with Gasteiger partial charge in [-0.3, -0.25) is 14.9 Å². The molecule has 0 atom stereocenters. The Kier molecular flexibility index (Phi) is 5.84. The minimum absolute atomic E-state index is 0.00466. The van der Waals surface area contributed by atoms with Gasteiger partial charge in [-0.05, 0) is 24.3 Å². The molecular weight excluding hydrogens is 396 g/mol. The third kappa shape index (κ3) is 4.84. The molecule has 4 aromatic rings. The number of carbonyl (C=O) groups is 1. The molecule has 1 amide bonds. The molecule has 0 radical (unpaired) electrons. The van der Waals surface area contributed by atoms with Crippen LogP contribution >= 0.6 is 0 Å². The van der Waals surface area contributed by atoms with E-state index in [9.17, 15) is 14.9 Å². The number of rotatable bonds is 8. The molecule has 9 nitrogen and oxygen atoms in total. The van der Waals surface area contributed by atoms with E-state index in [2.05, 4.69) is 15.4 Å². The Balaban J connectivity index is 1.56. The normalized spacial score (nSPS) is 10.7. The lowest BCUT2D eigenvalue weighted by Crippen LogP contribution is -2.28. The Bertz CT molecular complexity index is 1170. The molecule has 0 bridgehead atoms. The van der Waals surface area contributed by atoms with E-state index in [-0.39, 0.29) is 18.0 Å². The first-order chi connectivity index (χ1) is 15.1. The minimum atomic E-state index is -0.443. The fourth-order valence-corrected chi connectivity index (χ4v) is 3.21. The van der Waals surface area contributed by atoms with Crippen LogP contribution < -0.4 is 5.32 Å². The summed E-state index contributed by atoms with van der Waals surface area (Å²) in [7, 11) is 0. The van der Waals surface area contributed by atoms with Crippen LogP contribution in [0, 0.1) is 10.1 Å². The van der Waals surface area contributed by atoms with Gasteiger partial charge >= 0.3 is 0 Å². The summed E-state index contributed by atoms with van der Waals surface area (Å²) in [5.41, 5.74) is 2.92. The third-order valence-electron chi connectivity index (χ3n) is 4.76. The number of non-ortho nitro benzene ring substituents is 1. The second kappa shape index (κ2) is 9.04. The number of hydrogen-bond acceptors (Lipinski definition) is 5. The molecule has 2 heterocycles. The number of nitro benzene ring substituents is 1. The number of nitro groups is 1. The van der Waals surface area contributed by atoms with Crippen molar-refractivity contribution in [1.29, 1.82) is 0 Å². The molecule has 1 N–H and O–H groups in total. The standard InChI is InChI=1S/C22H20N6O3/c29-21(24-11-13-26-12-10-23-16-26)14-18-15-27(19-4-2-1-3-5-19)25-22(18)17-6-8-20(9-7-17)28(30)31/h1-10,12,15-16H,11,13-14H2,(H,24,29). The highest BCUT2D eigenvalue weighted by Gasteiger charge is 2.16. The number of aromatic nitrogens is 4. The van der Waals surface area contributed by atoms with E-state index in [1.807, 2.05) is 47.3 Å². The predicted molar refractivity (Wildman–Crippen MR) is 115 cm³/mol. The van der Waals surface area contributed by atoms with Crippen LogP contribution in [0.15, 0.2) is 79.5 Å². The summed E-state index contributed by atoms with van der Waals surface area (Å²) in [6.45, 7) is 1.11. The summed E-state index contributed by atoms with van der Waals surface area (Å²) < 4.78 is 3.60. The van der Waals surface area contributed by atoms with Crippen molar-refractivity contribution in [2.45, 2.75) is 13.0 Å². The molecule has 0 spiro atoms. The van der Waals surface area contributed by atoms with Crippen molar-refractivity contribution in [3.63, 3.8) is 0 Å². The van der Waals surface area contributed by atoms with Gasteiger partial charge in [0.05, 0.1) is 29.1 Å². The molecule has 0 saturated heterocycles. The molecular formula is C22H20N6O3. The lowest BCUT2D eigenvalue weighted by atomic mass is 10.1. The summed E-state index contributed by atoms with van der Waals surface area (Å²) in [6.07, 6.45) is 7.19. The molecule has 0 aliphatic carbocycles. The molecule has 156 valence electrons. The number of carbonyl (C=O) groups excluding carboxylic acids is 1. The topological polar surface area (TPSA) is 108 Å². The Hall–Kier alpha value is -4.27. The average Bonchev–Trinajstić information content (AvgIpc) is 3.45. The van der Waals surface area contributed by atoms with Crippen LogP contribution in [0.25, 0.3) is 16.9 Å². The van der Waals surface area contributed by atoms with Gasteiger partial charge in [0.2, 0.25) is 5.91 Å². The zero-order valence-electron chi connectivity index (χ0n) is 16.6. The maximum atomic E-state index is 12.6. The molecule has 2 aromatic heterocycles. The zero-order chi connectivity index (χ0) is 21.6. The SMILES string of the molecule is O=C(Cc1cn(-c2ccccc2)nc1-c1ccc([N+](=O)[O-])cc1)NCCn1ccnc1. The molecule has 0 aliphatic heterocycles. The van der Waals surface area contributed by atoms with Crippen LogP contribution in [-0.2, 0) is 17.8 Å². The molecule has 9 heteroatoms. The van der Waals surface area contributed by atoms with Gasteiger partial charge in [-0.2, -0.15) is 5.10 Å². The molecule has 4 rings (SSSR count). The fraction of sp³-hybridized carbons (Fsp3) is 0.136. The number of hydrogen-bond donors (Lipinski definition) is 1. The van der Waals surface area contributed by atoms with E-state index in [1.54, 1.807) is 29.3 Å². The highest BCUT2D eigenvalue weighted by Crippen LogP contribution is 2.26. The Morgan fingerprint density at radius 2 is 1.87 bits per heavy atom. The molecule has 31 heavy (non-hydrogen) atoms. The first-order valence-corrected chi connectivity index (χ1v) is 9.71. The van der Waals surface area contributed by atoms with E-state index in [0.29, 0.717) is 24.3 Å². The predicted octanol–water partition coefficient (Wildman–Crippen LogP) is 3.00. The van der Waals surface area contributed by atoms with Crippen LogP contribution in [0.1, 0.15) is 5.56 Å². The highest BCUT2D eigenvalue weighted by atomic mass is 16.6. The smallest absolute Gasteiger partial charge is 0.269 e. The van der Waals surface area contributed by atoms with Gasteiger partial charge in [0.1, 0.15) is 0 Å². The van der Waals surface area contributed by atoms with Crippen LogP contribution in [0.2, 0.25) is 0 Å². The van der Waals surface area contributed by atoms with Gasteiger partial charge in [0.15, 0.2) is 0 Å². The second-order valence-electron chi connectivity index (χ2n) is 6.91. The van der Waals surface area contributed by atoms with E-state index < -0.39 is 4.92 Å². The molecule has 0 fully saturated rings. The van der Waals surface area contributed by atoms with Gasteiger partial charge in [0.25, 0.3) is 5.69 Å². The summed E-state index contributed by atoms with van der Waals surface area (Å²) in [4.78, 5) is 27.0. The summed E-state index contributed by atoms with van der Waals surface area (Å²) in [5.74, 6) is -0.129. The first kappa shape index (κ1) is 20.0. The van der Waals surface area contributed by atoms with Crippen LogP contribution in [0.5, 0.6) is 0 Å². The van der Waals surface area contributed by atoms with Crippen LogP contribution in [0.4, 0.5) is 5.69 Å². The largest absolute Gasteiger partial charge is 0.354 e. The average molecular weight is 416 g/mol. The Morgan fingerprint density at radius 1 is 1.10 bits per heavy atom.